The molecule has 1 aromatic rings. The molecule has 5 heteroatoms. The lowest BCUT2D eigenvalue weighted by atomic mass is 9.95. The van der Waals surface area contributed by atoms with E-state index in [2.05, 4.69) is 9.88 Å². The minimum absolute atomic E-state index is 0.189. The van der Waals surface area contributed by atoms with E-state index >= 15 is 0 Å². The number of hydrogen-bond acceptors (Lipinski definition) is 3. The summed E-state index contributed by atoms with van der Waals surface area (Å²) in [7, 11) is 3.65. The fraction of sp³-hybridized carbons (Fsp3) is 0.571. The lowest BCUT2D eigenvalue weighted by molar-refractivity contribution is -0.134. The van der Waals surface area contributed by atoms with Gasteiger partial charge in [-0.15, -0.1) is 0 Å². The summed E-state index contributed by atoms with van der Waals surface area (Å²) in [5.74, 6) is 0.447. The van der Waals surface area contributed by atoms with E-state index in [1.165, 1.54) is 5.56 Å². The molecule has 0 aromatic carbocycles. The zero-order valence-electron chi connectivity index (χ0n) is 11.5. The molecule has 2 heterocycles. The molecule has 1 aromatic heterocycles. The highest BCUT2D eigenvalue weighted by atomic mass is 35.5. The number of likely N-dealkylation sites (tertiary alicyclic amines) is 1. The number of rotatable bonds is 3. The lowest BCUT2D eigenvalue weighted by Gasteiger charge is -2.32. The van der Waals surface area contributed by atoms with E-state index in [1.807, 2.05) is 32.4 Å². The summed E-state index contributed by atoms with van der Waals surface area (Å²) < 4.78 is 0. The van der Waals surface area contributed by atoms with Crippen LogP contribution in [0.4, 0.5) is 0 Å². The Kier molecular flexibility index (Phi) is 4.77. The van der Waals surface area contributed by atoms with Gasteiger partial charge >= 0.3 is 0 Å². The molecule has 1 fully saturated rings. The second kappa shape index (κ2) is 6.35. The monoisotopic (exact) mass is 281 g/mol. The number of nitrogens with zero attached hydrogens (tertiary/aromatic N) is 3. The first kappa shape index (κ1) is 14.3. The van der Waals surface area contributed by atoms with Crippen molar-refractivity contribution in [3.63, 3.8) is 0 Å². The molecule has 1 saturated heterocycles. The van der Waals surface area contributed by atoms with Gasteiger partial charge in [0.1, 0.15) is 5.15 Å². The molecule has 104 valence electrons. The van der Waals surface area contributed by atoms with Crippen LogP contribution in [0.1, 0.15) is 18.4 Å². The minimum Gasteiger partial charge on any atom is -0.349 e. The van der Waals surface area contributed by atoms with Gasteiger partial charge in [0.2, 0.25) is 5.91 Å². The molecule has 0 aliphatic carbocycles. The third-order valence-electron chi connectivity index (χ3n) is 3.57. The Hall–Kier alpha value is -1.13. The topological polar surface area (TPSA) is 36.4 Å². The van der Waals surface area contributed by atoms with Gasteiger partial charge in [0.25, 0.3) is 0 Å². The van der Waals surface area contributed by atoms with Crippen LogP contribution >= 0.6 is 11.6 Å². The van der Waals surface area contributed by atoms with Crippen molar-refractivity contribution < 1.29 is 4.79 Å². The Morgan fingerprint density at radius 3 is 2.63 bits per heavy atom. The first-order chi connectivity index (χ1) is 9.06. The Labute approximate surface area is 119 Å². The molecule has 0 atom stereocenters. The molecule has 1 aliphatic heterocycles. The summed E-state index contributed by atoms with van der Waals surface area (Å²) >= 11 is 5.77. The molecule has 0 spiro atoms. The van der Waals surface area contributed by atoms with Gasteiger partial charge in [-0.25, -0.2) is 4.98 Å². The molecule has 19 heavy (non-hydrogen) atoms. The molecule has 0 radical (unpaired) electrons. The SMILES string of the molecule is CN(C)C(=O)C1CCN(Cc2ccc(Cl)nc2)CC1. The maximum absolute atomic E-state index is 11.9. The maximum atomic E-state index is 11.9. The second-order valence-electron chi connectivity index (χ2n) is 5.27. The second-order valence-corrected chi connectivity index (χ2v) is 5.66. The summed E-state index contributed by atoms with van der Waals surface area (Å²) in [5, 5.41) is 0.527. The van der Waals surface area contributed by atoms with E-state index < -0.39 is 0 Å². The first-order valence-corrected chi connectivity index (χ1v) is 6.98. The van der Waals surface area contributed by atoms with Crippen LogP contribution in [0.2, 0.25) is 5.15 Å². The highest BCUT2D eigenvalue weighted by Crippen LogP contribution is 2.20. The fourth-order valence-electron chi connectivity index (χ4n) is 2.46. The van der Waals surface area contributed by atoms with Crippen LogP contribution in [-0.4, -0.2) is 47.9 Å². The Morgan fingerprint density at radius 2 is 2.11 bits per heavy atom. The van der Waals surface area contributed by atoms with E-state index in [0.717, 1.165) is 32.5 Å². The molecule has 1 aliphatic rings. The highest BCUT2D eigenvalue weighted by Gasteiger charge is 2.25. The van der Waals surface area contributed by atoms with E-state index in [4.69, 9.17) is 11.6 Å². The Balaban J connectivity index is 1.83. The smallest absolute Gasteiger partial charge is 0.225 e. The van der Waals surface area contributed by atoms with Crippen LogP contribution in [0.5, 0.6) is 0 Å². The Morgan fingerprint density at radius 1 is 1.42 bits per heavy atom. The van der Waals surface area contributed by atoms with Gasteiger partial charge in [-0.05, 0) is 37.6 Å². The zero-order chi connectivity index (χ0) is 13.8. The average molecular weight is 282 g/mol. The van der Waals surface area contributed by atoms with Gasteiger partial charge in [-0.1, -0.05) is 17.7 Å². The molecule has 0 bridgehead atoms. The van der Waals surface area contributed by atoms with Crippen LogP contribution in [0.25, 0.3) is 0 Å². The van der Waals surface area contributed by atoms with Gasteiger partial charge in [-0.3, -0.25) is 9.69 Å². The highest BCUT2D eigenvalue weighted by molar-refractivity contribution is 6.29. The normalized spacial score (nSPS) is 17.4. The van der Waals surface area contributed by atoms with Crippen molar-refractivity contribution in [1.82, 2.24) is 14.8 Å². The molecule has 0 N–H and O–H groups in total. The van der Waals surface area contributed by atoms with Crippen LogP contribution in [0.3, 0.4) is 0 Å². The number of aromatic nitrogens is 1. The van der Waals surface area contributed by atoms with Gasteiger partial charge in [0.05, 0.1) is 0 Å². The van der Waals surface area contributed by atoms with Crippen LogP contribution in [0, 0.1) is 5.92 Å². The van der Waals surface area contributed by atoms with E-state index in [1.54, 1.807) is 4.90 Å². The third kappa shape index (κ3) is 3.91. The van der Waals surface area contributed by atoms with Crippen LogP contribution in [-0.2, 0) is 11.3 Å². The first-order valence-electron chi connectivity index (χ1n) is 6.60. The molecule has 2 rings (SSSR count). The van der Waals surface area contributed by atoms with E-state index in [0.29, 0.717) is 5.15 Å². The van der Waals surface area contributed by atoms with Gasteiger partial charge in [0.15, 0.2) is 0 Å². The predicted molar refractivity (Wildman–Crippen MR) is 75.9 cm³/mol. The lowest BCUT2D eigenvalue weighted by Crippen LogP contribution is -2.39. The largest absolute Gasteiger partial charge is 0.349 e. The average Bonchev–Trinajstić information content (AvgIpc) is 2.41. The van der Waals surface area contributed by atoms with Gasteiger partial charge in [0, 0.05) is 32.8 Å². The summed E-state index contributed by atoms with van der Waals surface area (Å²) in [6.45, 7) is 2.81. The number of carbonyl (C=O) groups is 1. The van der Waals surface area contributed by atoms with Crippen molar-refractivity contribution in [1.29, 1.82) is 0 Å². The summed E-state index contributed by atoms with van der Waals surface area (Å²) in [4.78, 5) is 20.0. The quantitative estimate of drug-likeness (QED) is 0.796. The number of piperidine rings is 1. The van der Waals surface area contributed by atoms with Crippen LogP contribution < -0.4 is 0 Å². The maximum Gasteiger partial charge on any atom is 0.225 e. The van der Waals surface area contributed by atoms with Gasteiger partial charge in [-0.2, -0.15) is 0 Å². The number of hydrogen-bond donors (Lipinski definition) is 0. The van der Waals surface area contributed by atoms with Crippen molar-refractivity contribution in [3.05, 3.63) is 29.0 Å². The standard InChI is InChI=1S/C14H20ClN3O/c1-17(2)14(19)12-5-7-18(8-6-12)10-11-3-4-13(15)16-9-11/h3-4,9,12H,5-8,10H2,1-2H3. The molecule has 4 nitrogen and oxygen atoms in total. The molecular weight excluding hydrogens is 262 g/mol. The molecular formula is C14H20ClN3O. The molecule has 0 unspecified atom stereocenters. The van der Waals surface area contributed by atoms with Crippen molar-refractivity contribution in [2.24, 2.45) is 5.92 Å². The molecule has 1 amide bonds. The summed E-state index contributed by atoms with van der Waals surface area (Å²) in [6, 6.07) is 3.83. The third-order valence-corrected chi connectivity index (χ3v) is 3.80. The minimum atomic E-state index is 0.189. The van der Waals surface area contributed by atoms with Crippen molar-refractivity contribution in [3.8, 4) is 0 Å². The summed E-state index contributed by atoms with van der Waals surface area (Å²) in [6.07, 6.45) is 3.70. The van der Waals surface area contributed by atoms with Gasteiger partial charge < -0.3 is 4.90 Å². The predicted octanol–water partition coefficient (Wildman–Crippen LogP) is 2.04. The Bertz CT molecular complexity index is 425. The number of amides is 1. The van der Waals surface area contributed by atoms with Crippen LogP contribution in [0.15, 0.2) is 18.3 Å². The van der Waals surface area contributed by atoms with E-state index in [-0.39, 0.29) is 11.8 Å². The number of halogens is 1. The zero-order valence-corrected chi connectivity index (χ0v) is 12.2. The number of pyridine rings is 1. The van der Waals surface area contributed by atoms with Crippen molar-refractivity contribution in [2.75, 3.05) is 27.2 Å². The molecule has 0 saturated carbocycles. The fourth-order valence-corrected chi connectivity index (χ4v) is 2.57. The van der Waals surface area contributed by atoms with Crippen molar-refractivity contribution >= 4 is 17.5 Å². The van der Waals surface area contributed by atoms with Crippen molar-refractivity contribution in [2.45, 2.75) is 19.4 Å². The number of carbonyl (C=O) groups excluding carboxylic acids is 1. The summed E-state index contributed by atoms with van der Waals surface area (Å²) in [5.41, 5.74) is 1.17. The van der Waals surface area contributed by atoms with E-state index in [9.17, 15) is 4.79 Å².